The second-order valence-corrected chi connectivity index (χ2v) is 3.39. The van der Waals surface area contributed by atoms with Crippen molar-refractivity contribution in [2.45, 2.75) is 38.5 Å². The molecule has 13 heavy (non-hydrogen) atoms. The van der Waals surface area contributed by atoms with Gasteiger partial charge < -0.3 is 15.0 Å². The minimum absolute atomic E-state index is 0.286. The molecule has 1 aromatic heterocycles. The summed E-state index contributed by atoms with van der Waals surface area (Å²) < 4.78 is 10.3. The molecule has 0 atom stereocenters. The number of aromatic nitrogens is 2. The maximum absolute atomic E-state index is 5.61. The van der Waals surface area contributed by atoms with Crippen molar-refractivity contribution in [1.82, 2.24) is 10.1 Å². The summed E-state index contributed by atoms with van der Waals surface area (Å²) in [6.07, 6.45) is 2.17. The lowest BCUT2D eigenvalue weighted by atomic mass is 9.90. The lowest BCUT2D eigenvalue weighted by Crippen LogP contribution is -2.41. The molecule has 0 bridgehead atoms. The molecule has 0 saturated heterocycles. The van der Waals surface area contributed by atoms with Gasteiger partial charge in [-0.1, -0.05) is 5.16 Å². The van der Waals surface area contributed by atoms with E-state index in [2.05, 4.69) is 10.1 Å². The van der Waals surface area contributed by atoms with Crippen LogP contribution in [0.5, 0.6) is 0 Å². The van der Waals surface area contributed by atoms with Gasteiger partial charge in [0.05, 0.1) is 6.10 Å². The van der Waals surface area contributed by atoms with Crippen LogP contribution < -0.4 is 5.73 Å². The molecule has 0 unspecified atom stereocenters. The van der Waals surface area contributed by atoms with E-state index in [1.165, 1.54) is 0 Å². The van der Waals surface area contributed by atoms with Crippen LogP contribution >= 0.6 is 0 Å². The monoisotopic (exact) mass is 183 g/mol. The van der Waals surface area contributed by atoms with E-state index >= 15 is 0 Å². The molecular weight excluding hydrogens is 170 g/mol. The summed E-state index contributed by atoms with van der Waals surface area (Å²) in [6.45, 7) is 2.19. The summed E-state index contributed by atoms with van der Waals surface area (Å²) >= 11 is 0. The first-order valence-corrected chi connectivity index (χ1v) is 4.40. The molecule has 0 aromatic carbocycles. The third-order valence-electron chi connectivity index (χ3n) is 2.15. The molecule has 2 N–H and O–H groups in total. The Bertz CT molecular complexity index is 281. The largest absolute Gasteiger partial charge is 0.370 e. The minimum atomic E-state index is 0.286. The molecular formula is C8H13N3O2. The average molecular weight is 183 g/mol. The molecule has 0 spiro atoms. The van der Waals surface area contributed by atoms with Crippen LogP contribution in [0.4, 0.5) is 0 Å². The Kier molecular flexibility index (Phi) is 2.28. The topological polar surface area (TPSA) is 74.2 Å². The second kappa shape index (κ2) is 3.43. The van der Waals surface area contributed by atoms with Gasteiger partial charge in [-0.25, -0.2) is 0 Å². The van der Waals surface area contributed by atoms with Gasteiger partial charge in [0.25, 0.3) is 0 Å². The molecule has 2 rings (SSSR count). The summed E-state index contributed by atoms with van der Waals surface area (Å²) in [4.78, 5) is 4.03. The van der Waals surface area contributed by atoms with E-state index < -0.39 is 0 Å². The van der Waals surface area contributed by atoms with Gasteiger partial charge in [0, 0.05) is 13.0 Å². The molecule has 72 valence electrons. The number of rotatable bonds is 3. The first kappa shape index (κ1) is 8.65. The quantitative estimate of drug-likeness (QED) is 0.733. The van der Waals surface area contributed by atoms with Crippen LogP contribution in [-0.2, 0) is 11.3 Å². The van der Waals surface area contributed by atoms with Crippen molar-refractivity contribution < 1.29 is 9.26 Å². The van der Waals surface area contributed by atoms with Crippen LogP contribution in [0.25, 0.3) is 0 Å². The van der Waals surface area contributed by atoms with Crippen LogP contribution in [0, 0.1) is 6.92 Å². The maximum Gasteiger partial charge on any atom is 0.223 e. The third kappa shape index (κ3) is 2.05. The number of nitrogens with two attached hydrogens (primary N) is 1. The first-order valence-electron chi connectivity index (χ1n) is 4.40. The summed E-state index contributed by atoms with van der Waals surface area (Å²) in [7, 11) is 0. The van der Waals surface area contributed by atoms with Crippen LogP contribution in [0.3, 0.4) is 0 Å². The summed E-state index contributed by atoms with van der Waals surface area (Å²) in [5.41, 5.74) is 5.61. The smallest absolute Gasteiger partial charge is 0.223 e. The van der Waals surface area contributed by atoms with Gasteiger partial charge >= 0.3 is 0 Å². The summed E-state index contributed by atoms with van der Waals surface area (Å²) in [6, 6.07) is 0.317. The minimum Gasteiger partial charge on any atom is -0.370 e. The molecule has 1 aliphatic carbocycles. The zero-order valence-corrected chi connectivity index (χ0v) is 7.56. The van der Waals surface area contributed by atoms with Gasteiger partial charge in [-0.2, -0.15) is 4.98 Å². The second-order valence-electron chi connectivity index (χ2n) is 3.39. The number of aryl methyl sites for hydroxylation is 1. The van der Waals surface area contributed by atoms with Crippen LogP contribution in [0.15, 0.2) is 4.52 Å². The predicted octanol–water partition coefficient (Wildman–Crippen LogP) is 0.384. The van der Waals surface area contributed by atoms with E-state index in [0.717, 1.165) is 12.8 Å². The van der Waals surface area contributed by atoms with Gasteiger partial charge in [0.15, 0.2) is 5.82 Å². The highest BCUT2D eigenvalue weighted by Gasteiger charge is 2.26. The van der Waals surface area contributed by atoms with E-state index in [-0.39, 0.29) is 6.10 Å². The molecule has 0 aliphatic heterocycles. The molecule has 0 amide bonds. The van der Waals surface area contributed by atoms with Crippen molar-refractivity contribution in [1.29, 1.82) is 0 Å². The highest BCUT2D eigenvalue weighted by molar-refractivity contribution is 4.85. The van der Waals surface area contributed by atoms with Crippen molar-refractivity contribution in [2.24, 2.45) is 5.73 Å². The van der Waals surface area contributed by atoms with Gasteiger partial charge in [-0.05, 0) is 12.8 Å². The van der Waals surface area contributed by atoms with Crippen LogP contribution in [-0.4, -0.2) is 22.3 Å². The predicted molar refractivity (Wildman–Crippen MR) is 44.8 cm³/mol. The van der Waals surface area contributed by atoms with Gasteiger partial charge in [-0.15, -0.1) is 0 Å². The van der Waals surface area contributed by atoms with E-state index in [4.69, 9.17) is 15.0 Å². The Morgan fingerprint density at radius 2 is 2.38 bits per heavy atom. The Labute approximate surface area is 76.3 Å². The van der Waals surface area contributed by atoms with Crippen LogP contribution in [0.1, 0.15) is 24.6 Å². The number of hydrogen-bond donors (Lipinski definition) is 1. The van der Waals surface area contributed by atoms with Crippen molar-refractivity contribution in [3.05, 3.63) is 11.7 Å². The van der Waals surface area contributed by atoms with Gasteiger partial charge in [-0.3, -0.25) is 0 Å². The molecule has 5 heteroatoms. The van der Waals surface area contributed by atoms with Gasteiger partial charge in [0.1, 0.15) is 6.61 Å². The summed E-state index contributed by atoms with van der Waals surface area (Å²) in [5, 5.41) is 3.72. The fourth-order valence-electron chi connectivity index (χ4n) is 1.33. The SMILES string of the molecule is Cc1nc(COC2CC(N)C2)no1. The fourth-order valence-corrected chi connectivity index (χ4v) is 1.33. The molecule has 0 radical (unpaired) electrons. The molecule has 5 nitrogen and oxygen atoms in total. The average Bonchev–Trinajstić information content (AvgIpc) is 2.43. The molecule has 1 fully saturated rings. The van der Waals surface area contributed by atoms with Crippen molar-refractivity contribution in [3.8, 4) is 0 Å². The molecule has 1 aromatic rings. The van der Waals surface area contributed by atoms with Crippen molar-refractivity contribution >= 4 is 0 Å². The normalized spacial score (nSPS) is 27.2. The highest BCUT2D eigenvalue weighted by atomic mass is 16.5. The molecule has 1 heterocycles. The lowest BCUT2D eigenvalue weighted by Gasteiger charge is -2.31. The highest BCUT2D eigenvalue weighted by Crippen LogP contribution is 2.21. The standard InChI is InChI=1S/C8H13N3O2/c1-5-10-8(11-13-5)4-12-7-2-6(9)3-7/h6-7H,2-4,9H2,1H3. The van der Waals surface area contributed by atoms with Crippen LogP contribution in [0.2, 0.25) is 0 Å². The molecule has 1 aliphatic rings. The number of ether oxygens (including phenoxy) is 1. The number of nitrogens with zero attached hydrogens (tertiary/aromatic N) is 2. The lowest BCUT2D eigenvalue weighted by molar-refractivity contribution is -0.0221. The Morgan fingerprint density at radius 1 is 1.62 bits per heavy atom. The third-order valence-corrected chi connectivity index (χ3v) is 2.15. The molecule has 1 saturated carbocycles. The van der Waals surface area contributed by atoms with E-state index in [0.29, 0.717) is 24.4 Å². The van der Waals surface area contributed by atoms with E-state index in [1.54, 1.807) is 6.92 Å². The zero-order chi connectivity index (χ0) is 9.26. The maximum atomic E-state index is 5.61. The van der Waals surface area contributed by atoms with Crippen molar-refractivity contribution in [3.63, 3.8) is 0 Å². The fraction of sp³-hybridized carbons (Fsp3) is 0.750. The van der Waals surface area contributed by atoms with E-state index in [9.17, 15) is 0 Å². The van der Waals surface area contributed by atoms with Crippen molar-refractivity contribution in [2.75, 3.05) is 0 Å². The van der Waals surface area contributed by atoms with E-state index in [1.807, 2.05) is 0 Å². The Hall–Kier alpha value is -0.940. The number of hydrogen-bond acceptors (Lipinski definition) is 5. The zero-order valence-electron chi connectivity index (χ0n) is 7.56. The Morgan fingerprint density at radius 3 is 2.92 bits per heavy atom. The first-order chi connectivity index (χ1) is 6.24. The van der Waals surface area contributed by atoms with Gasteiger partial charge in [0.2, 0.25) is 5.89 Å². The summed E-state index contributed by atoms with van der Waals surface area (Å²) in [5.74, 6) is 1.18. The Balaban J connectivity index is 1.74.